The van der Waals surface area contributed by atoms with Crippen LogP contribution in [0.1, 0.15) is 34.7 Å². The predicted octanol–water partition coefficient (Wildman–Crippen LogP) is 2.73. The maximum absolute atomic E-state index is 12.9. The zero-order valence-corrected chi connectivity index (χ0v) is 15.2. The lowest BCUT2D eigenvalue weighted by atomic mass is 9.95. The number of amides is 2. The van der Waals surface area contributed by atoms with Gasteiger partial charge in [-0.15, -0.1) is 0 Å². The Labute approximate surface area is 157 Å². The Hall–Kier alpha value is -2.67. The zero-order chi connectivity index (χ0) is 19.2. The van der Waals surface area contributed by atoms with E-state index in [2.05, 4.69) is 5.32 Å². The van der Waals surface area contributed by atoms with Gasteiger partial charge in [0.2, 0.25) is 5.91 Å². The Bertz CT molecular complexity index is 780. The molecule has 6 nitrogen and oxygen atoms in total. The lowest BCUT2D eigenvalue weighted by molar-refractivity contribution is -0.126. The first kappa shape index (κ1) is 19.1. The van der Waals surface area contributed by atoms with Gasteiger partial charge in [0.15, 0.2) is 5.76 Å². The minimum absolute atomic E-state index is 0.0354. The van der Waals surface area contributed by atoms with Gasteiger partial charge in [-0.1, -0.05) is 12.1 Å². The highest BCUT2D eigenvalue weighted by Gasteiger charge is 2.28. The maximum atomic E-state index is 12.9. The summed E-state index contributed by atoms with van der Waals surface area (Å²) in [6.07, 6.45) is 1.21. The van der Waals surface area contributed by atoms with E-state index in [1.54, 1.807) is 36.3 Å². The summed E-state index contributed by atoms with van der Waals surface area (Å²) < 4.78 is 23.4. The van der Waals surface area contributed by atoms with E-state index in [0.29, 0.717) is 50.6 Å². The van der Waals surface area contributed by atoms with Crippen LogP contribution in [-0.2, 0) is 22.7 Å². The van der Waals surface area contributed by atoms with Crippen LogP contribution in [0.25, 0.3) is 0 Å². The number of nitrogens with one attached hydrogen (secondary N) is 1. The first-order valence-electron chi connectivity index (χ1n) is 8.96. The third-order valence-electron chi connectivity index (χ3n) is 4.69. The molecule has 7 heteroatoms. The van der Waals surface area contributed by atoms with Crippen LogP contribution in [0.15, 0.2) is 40.8 Å². The second-order valence-corrected chi connectivity index (χ2v) is 6.61. The number of likely N-dealkylation sites (tertiary alicyclic amines) is 1. The molecule has 1 aromatic heterocycles. The Kier molecular flexibility index (Phi) is 6.24. The first-order chi connectivity index (χ1) is 13.1. The molecule has 3 rings (SSSR count). The number of ether oxygens (including phenoxy) is 1. The second-order valence-electron chi connectivity index (χ2n) is 6.61. The molecule has 1 fully saturated rings. The Morgan fingerprint density at radius 2 is 1.89 bits per heavy atom. The van der Waals surface area contributed by atoms with Crippen molar-refractivity contribution < 1.29 is 23.1 Å². The normalized spacial score (nSPS) is 15.0. The lowest BCUT2D eigenvalue weighted by Crippen LogP contribution is -2.42. The zero-order valence-electron chi connectivity index (χ0n) is 15.2. The van der Waals surface area contributed by atoms with Crippen molar-refractivity contribution in [3.63, 3.8) is 0 Å². The highest BCUT2D eigenvalue weighted by molar-refractivity contribution is 5.91. The monoisotopic (exact) mass is 374 g/mol. The van der Waals surface area contributed by atoms with Gasteiger partial charge in [-0.3, -0.25) is 9.59 Å². The molecule has 2 aromatic rings. The number of furan rings is 1. The van der Waals surface area contributed by atoms with Crippen LogP contribution in [0.2, 0.25) is 0 Å². The van der Waals surface area contributed by atoms with Gasteiger partial charge in [0.25, 0.3) is 5.91 Å². The van der Waals surface area contributed by atoms with Crippen LogP contribution in [0.5, 0.6) is 0 Å². The number of carbonyl (C=O) groups is 2. The molecule has 1 aliphatic heterocycles. The topological polar surface area (TPSA) is 71.8 Å². The van der Waals surface area contributed by atoms with E-state index < -0.39 is 0 Å². The predicted molar refractivity (Wildman–Crippen MR) is 96.3 cm³/mol. The van der Waals surface area contributed by atoms with Crippen molar-refractivity contribution >= 4 is 11.8 Å². The van der Waals surface area contributed by atoms with Gasteiger partial charge in [0, 0.05) is 32.7 Å². The fourth-order valence-corrected chi connectivity index (χ4v) is 3.15. The summed E-state index contributed by atoms with van der Waals surface area (Å²) in [4.78, 5) is 26.5. The number of halogens is 1. The average Bonchev–Trinajstić information content (AvgIpc) is 3.16. The average molecular weight is 374 g/mol. The maximum Gasteiger partial charge on any atom is 0.289 e. The summed E-state index contributed by atoms with van der Waals surface area (Å²) in [6.45, 7) is 1.71. The van der Waals surface area contributed by atoms with E-state index in [-0.39, 0.29) is 23.5 Å². The minimum atomic E-state index is -0.298. The Morgan fingerprint density at radius 1 is 1.19 bits per heavy atom. The largest absolute Gasteiger partial charge is 0.453 e. The van der Waals surface area contributed by atoms with E-state index >= 15 is 0 Å². The standard InChI is InChI=1S/C20H23FN2O4/c1-26-13-17-6-7-18(27-17)20(25)23-10-8-15(9-11-23)19(24)22-12-14-2-4-16(21)5-3-14/h2-7,15H,8-13H2,1H3,(H,22,24). The molecule has 1 aliphatic rings. The molecule has 27 heavy (non-hydrogen) atoms. The summed E-state index contributed by atoms with van der Waals surface area (Å²) in [6, 6.07) is 9.43. The third kappa shape index (κ3) is 4.95. The molecular formula is C20H23FN2O4. The van der Waals surface area contributed by atoms with Gasteiger partial charge < -0.3 is 19.4 Å². The number of benzene rings is 1. The molecule has 0 spiro atoms. The molecule has 1 aromatic carbocycles. The smallest absolute Gasteiger partial charge is 0.289 e. The lowest BCUT2D eigenvalue weighted by Gasteiger charge is -2.30. The van der Waals surface area contributed by atoms with Crippen molar-refractivity contribution in [1.82, 2.24) is 10.2 Å². The highest BCUT2D eigenvalue weighted by Crippen LogP contribution is 2.20. The fourth-order valence-electron chi connectivity index (χ4n) is 3.15. The molecule has 2 amide bonds. The summed E-state index contributed by atoms with van der Waals surface area (Å²) in [5, 5.41) is 2.88. The summed E-state index contributed by atoms with van der Waals surface area (Å²) in [7, 11) is 1.57. The highest BCUT2D eigenvalue weighted by atomic mass is 19.1. The summed E-state index contributed by atoms with van der Waals surface area (Å²) in [5.74, 6) is 0.273. The van der Waals surface area contributed by atoms with Crippen LogP contribution in [0, 0.1) is 11.7 Å². The van der Waals surface area contributed by atoms with Crippen molar-refractivity contribution in [3.05, 3.63) is 59.3 Å². The molecule has 1 saturated heterocycles. The molecule has 0 radical (unpaired) electrons. The fraction of sp³-hybridized carbons (Fsp3) is 0.400. The van der Waals surface area contributed by atoms with Crippen molar-refractivity contribution in [2.75, 3.05) is 20.2 Å². The second kappa shape index (κ2) is 8.81. The van der Waals surface area contributed by atoms with Crippen LogP contribution >= 0.6 is 0 Å². The third-order valence-corrected chi connectivity index (χ3v) is 4.69. The Morgan fingerprint density at radius 3 is 2.56 bits per heavy atom. The van der Waals surface area contributed by atoms with Gasteiger partial charge in [0.1, 0.15) is 18.2 Å². The van der Waals surface area contributed by atoms with E-state index in [0.717, 1.165) is 5.56 Å². The van der Waals surface area contributed by atoms with Gasteiger partial charge in [0.05, 0.1) is 0 Å². The number of methoxy groups -OCH3 is 1. The number of hydrogen-bond acceptors (Lipinski definition) is 4. The molecule has 0 saturated carbocycles. The number of nitrogens with zero attached hydrogens (tertiary/aromatic N) is 1. The van der Waals surface area contributed by atoms with Gasteiger partial charge in [-0.25, -0.2) is 4.39 Å². The Balaban J connectivity index is 1.46. The molecule has 0 atom stereocenters. The van der Waals surface area contributed by atoms with E-state index in [9.17, 15) is 14.0 Å². The summed E-state index contributed by atoms with van der Waals surface area (Å²) >= 11 is 0. The van der Waals surface area contributed by atoms with Crippen molar-refractivity contribution in [2.45, 2.75) is 26.0 Å². The van der Waals surface area contributed by atoms with Gasteiger partial charge in [-0.05, 0) is 42.7 Å². The molecule has 0 aliphatic carbocycles. The van der Waals surface area contributed by atoms with E-state index in [4.69, 9.17) is 9.15 Å². The quantitative estimate of drug-likeness (QED) is 0.844. The molecule has 144 valence electrons. The molecule has 0 unspecified atom stereocenters. The molecule has 2 heterocycles. The SMILES string of the molecule is COCc1ccc(C(=O)N2CCC(C(=O)NCc3ccc(F)cc3)CC2)o1. The van der Waals surface area contributed by atoms with Crippen LogP contribution in [0.4, 0.5) is 4.39 Å². The van der Waals surface area contributed by atoms with Gasteiger partial charge in [-0.2, -0.15) is 0 Å². The van der Waals surface area contributed by atoms with Crippen molar-refractivity contribution in [2.24, 2.45) is 5.92 Å². The summed E-state index contributed by atoms with van der Waals surface area (Å²) in [5.41, 5.74) is 0.849. The van der Waals surface area contributed by atoms with Crippen LogP contribution in [0.3, 0.4) is 0 Å². The van der Waals surface area contributed by atoms with E-state index in [1.165, 1.54) is 12.1 Å². The minimum Gasteiger partial charge on any atom is -0.453 e. The molecule has 1 N–H and O–H groups in total. The van der Waals surface area contributed by atoms with Crippen molar-refractivity contribution in [1.29, 1.82) is 0 Å². The van der Waals surface area contributed by atoms with Crippen LogP contribution in [-0.4, -0.2) is 36.9 Å². The van der Waals surface area contributed by atoms with Crippen LogP contribution < -0.4 is 5.32 Å². The molecular weight excluding hydrogens is 351 g/mol. The number of hydrogen-bond donors (Lipinski definition) is 1. The number of rotatable bonds is 6. The van der Waals surface area contributed by atoms with Crippen molar-refractivity contribution in [3.8, 4) is 0 Å². The first-order valence-corrected chi connectivity index (χ1v) is 8.96. The van der Waals surface area contributed by atoms with E-state index in [1.807, 2.05) is 0 Å². The van der Waals surface area contributed by atoms with Gasteiger partial charge >= 0.3 is 0 Å². The molecule has 0 bridgehead atoms. The number of carbonyl (C=O) groups excluding carboxylic acids is 2. The number of piperidine rings is 1.